The molecule has 20 heavy (non-hydrogen) atoms. The number of hydrogen-bond donors (Lipinski definition) is 1. The molecule has 0 unspecified atom stereocenters. The second kappa shape index (κ2) is 4.80. The van der Waals surface area contributed by atoms with Gasteiger partial charge in [-0.1, -0.05) is 12.1 Å². The number of rotatable bonds is 4. The first kappa shape index (κ1) is 12.4. The van der Waals surface area contributed by atoms with Crippen LogP contribution in [0.5, 0.6) is 0 Å². The average Bonchev–Trinajstić information content (AvgIpc) is 3.06. The molecule has 1 aromatic carbocycles. The van der Waals surface area contributed by atoms with Crippen molar-refractivity contribution in [3.63, 3.8) is 0 Å². The Morgan fingerprint density at radius 2 is 2.25 bits per heavy atom. The largest absolute Gasteiger partial charge is 0.478 e. The van der Waals surface area contributed by atoms with Crippen LogP contribution in [0.1, 0.15) is 28.9 Å². The Morgan fingerprint density at radius 1 is 1.40 bits per heavy atom. The number of aromatic nitrogens is 3. The normalized spacial score (nSPS) is 11.1. The van der Waals surface area contributed by atoms with Crippen molar-refractivity contribution in [1.29, 1.82) is 0 Å². The smallest absolute Gasteiger partial charge is 0.335 e. The van der Waals surface area contributed by atoms with E-state index in [0.29, 0.717) is 12.3 Å². The maximum Gasteiger partial charge on any atom is 0.335 e. The summed E-state index contributed by atoms with van der Waals surface area (Å²) in [7, 11) is 0. The first-order valence-corrected chi connectivity index (χ1v) is 6.31. The lowest BCUT2D eigenvalue weighted by Crippen LogP contribution is -2.04. The van der Waals surface area contributed by atoms with Gasteiger partial charge >= 0.3 is 5.97 Å². The highest BCUT2D eigenvalue weighted by molar-refractivity contribution is 5.92. The lowest BCUT2D eigenvalue weighted by molar-refractivity contribution is 0.0697. The SMILES string of the molecule is CCc1nc2ccc(C(=O)O)cc2n1Cc1ccno1. The van der Waals surface area contributed by atoms with Crippen molar-refractivity contribution < 1.29 is 14.4 Å². The van der Waals surface area contributed by atoms with Crippen molar-refractivity contribution in [3.05, 3.63) is 47.6 Å². The van der Waals surface area contributed by atoms with Gasteiger partial charge in [-0.05, 0) is 18.2 Å². The number of nitrogens with zero attached hydrogens (tertiary/aromatic N) is 3. The summed E-state index contributed by atoms with van der Waals surface area (Å²) in [4.78, 5) is 15.6. The molecule has 102 valence electrons. The molecular formula is C14H13N3O3. The summed E-state index contributed by atoms with van der Waals surface area (Å²) in [5, 5.41) is 12.8. The minimum Gasteiger partial charge on any atom is -0.478 e. The molecule has 0 bridgehead atoms. The molecule has 0 saturated heterocycles. The highest BCUT2D eigenvalue weighted by Gasteiger charge is 2.13. The number of aromatic carboxylic acids is 1. The Bertz CT molecular complexity index is 759. The van der Waals surface area contributed by atoms with Crippen molar-refractivity contribution in [1.82, 2.24) is 14.7 Å². The van der Waals surface area contributed by atoms with Crippen LogP contribution in [-0.2, 0) is 13.0 Å². The molecule has 0 spiro atoms. The zero-order valence-electron chi connectivity index (χ0n) is 10.9. The molecule has 0 saturated carbocycles. The van der Waals surface area contributed by atoms with E-state index in [0.717, 1.165) is 23.3 Å². The van der Waals surface area contributed by atoms with E-state index in [1.165, 1.54) is 0 Å². The van der Waals surface area contributed by atoms with Gasteiger partial charge in [-0.2, -0.15) is 0 Å². The van der Waals surface area contributed by atoms with Crippen LogP contribution in [0, 0.1) is 0 Å². The third kappa shape index (κ3) is 2.05. The maximum atomic E-state index is 11.1. The van der Waals surface area contributed by atoms with Crippen LogP contribution in [-0.4, -0.2) is 25.8 Å². The molecule has 0 fully saturated rings. The summed E-state index contributed by atoms with van der Waals surface area (Å²) in [5.41, 5.74) is 1.82. The zero-order valence-corrected chi connectivity index (χ0v) is 10.9. The minimum atomic E-state index is -0.947. The van der Waals surface area contributed by atoms with Gasteiger partial charge in [0, 0.05) is 12.5 Å². The summed E-state index contributed by atoms with van der Waals surface area (Å²) in [6.07, 6.45) is 2.34. The Hall–Kier alpha value is -2.63. The van der Waals surface area contributed by atoms with Crippen LogP contribution >= 0.6 is 0 Å². The summed E-state index contributed by atoms with van der Waals surface area (Å²) in [5.74, 6) is 0.649. The van der Waals surface area contributed by atoms with Crippen LogP contribution in [0.15, 0.2) is 35.0 Å². The first-order chi connectivity index (χ1) is 9.69. The topological polar surface area (TPSA) is 81.1 Å². The number of fused-ring (bicyclic) bond motifs is 1. The molecule has 3 rings (SSSR count). The van der Waals surface area contributed by atoms with Gasteiger partial charge < -0.3 is 14.2 Å². The van der Waals surface area contributed by atoms with Crippen LogP contribution < -0.4 is 0 Å². The molecule has 1 N–H and O–H groups in total. The number of carboxylic acids is 1. The Kier molecular flexibility index (Phi) is 2.98. The molecule has 0 aliphatic carbocycles. The molecule has 0 radical (unpaired) electrons. The van der Waals surface area contributed by atoms with Gasteiger partial charge in [-0.3, -0.25) is 0 Å². The van der Waals surface area contributed by atoms with Crippen molar-refractivity contribution in [2.24, 2.45) is 0 Å². The first-order valence-electron chi connectivity index (χ1n) is 6.31. The van der Waals surface area contributed by atoms with Crippen LogP contribution in [0.25, 0.3) is 11.0 Å². The van der Waals surface area contributed by atoms with E-state index < -0.39 is 5.97 Å². The third-order valence-electron chi connectivity index (χ3n) is 3.20. The van der Waals surface area contributed by atoms with E-state index in [-0.39, 0.29) is 5.56 Å². The second-order valence-electron chi connectivity index (χ2n) is 4.46. The molecule has 2 heterocycles. The monoisotopic (exact) mass is 271 g/mol. The number of carbonyl (C=O) groups is 1. The van der Waals surface area contributed by atoms with Crippen LogP contribution in [0.3, 0.4) is 0 Å². The van der Waals surface area contributed by atoms with Gasteiger partial charge in [0.2, 0.25) is 0 Å². The van der Waals surface area contributed by atoms with Crippen molar-refractivity contribution >= 4 is 17.0 Å². The zero-order chi connectivity index (χ0) is 14.1. The molecule has 0 aliphatic heterocycles. The summed E-state index contributed by atoms with van der Waals surface area (Å²) < 4.78 is 7.08. The van der Waals surface area contributed by atoms with Crippen molar-refractivity contribution in [3.8, 4) is 0 Å². The predicted molar refractivity (Wildman–Crippen MR) is 71.7 cm³/mol. The van der Waals surface area contributed by atoms with Crippen molar-refractivity contribution in [2.75, 3.05) is 0 Å². The van der Waals surface area contributed by atoms with E-state index in [9.17, 15) is 4.79 Å². The van der Waals surface area contributed by atoms with Crippen molar-refractivity contribution in [2.45, 2.75) is 19.9 Å². The van der Waals surface area contributed by atoms with E-state index in [1.54, 1.807) is 30.5 Å². The maximum absolute atomic E-state index is 11.1. The number of hydrogen-bond acceptors (Lipinski definition) is 4. The number of carboxylic acid groups (broad SMARTS) is 1. The van der Waals surface area contributed by atoms with Crippen LogP contribution in [0.2, 0.25) is 0 Å². The molecular weight excluding hydrogens is 258 g/mol. The summed E-state index contributed by atoms with van der Waals surface area (Å²) in [6.45, 7) is 2.50. The van der Waals surface area contributed by atoms with Crippen LogP contribution in [0.4, 0.5) is 0 Å². The van der Waals surface area contributed by atoms with E-state index >= 15 is 0 Å². The minimum absolute atomic E-state index is 0.249. The van der Waals surface area contributed by atoms with E-state index in [2.05, 4.69) is 10.1 Å². The fraction of sp³-hybridized carbons (Fsp3) is 0.214. The highest BCUT2D eigenvalue weighted by atomic mass is 16.5. The molecule has 0 atom stereocenters. The van der Waals surface area contributed by atoms with Gasteiger partial charge in [0.15, 0.2) is 5.76 Å². The summed E-state index contributed by atoms with van der Waals surface area (Å²) >= 11 is 0. The van der Waals surface area contributed by atoms with Gasteiger partial charge in [0.25, 0.3) is 0 Å². The number of aryl methyl sites for hydroxylation is 1. The van der Waals surface area contributed by atoms with Gasteiger partial charge in [0.05, 0.1) is 29.3 Å². The fourth-order valence-corrected chi connectivity index (χ4v) is 2.23. The Balaban J connectivity index is 2.15. The quantitative estimate of drug-likeness (QED) is 0.787. The van der Waals surface area contributed by atoms with Gasteiger partial charge in [-0.25, -0.2) is 9.78 Å². The van der Waals surface area contributed by atoms with E-state index in [1.807, 2.05) is 11.5 Å². The third-order valence-corrected chi connectivity index (χ3v) is 3.20. The second-order valence-corrected chi connectivity index (χ2v) is 4.46. The van der Waals surface area contributed by atoms with E-state index in [4.69, 9.17) is 9.63 Å². The lowest BCUT2D eigenvalue weighted by atomic mass is 10.2. The molecule has 2 aromatic heterocycles. The molecule has 3 aromatic rings. The fourth-order valence-electron chi connectivity index (χ4n) is 2.23. The number of benzene rings is 1. The lowest BCUT2D eigenvalue weighted by Gasteiger charge is -2.05. The predicted octanol–water partition coefficient (Wildman–Crippen LogP) is 2.33. The molecule has 0 aliphatic rings. The number of imidazole rings is 1. The molecule has 6 nitrogen and oxygen atoms in total. The van der Waals surface area contributed by atoms with Gasteiger partial charge in [-0.15, -0.1) is 0 Å². The Labute approximate surface area is 114 Å². The average molecular weight is 271 g/mol. The highest BCUT2D eigenvalue weighted by Crippen LogP contribution is 2.20. The Morgan fingerprint density at radius 3 is 2.90 bits per heavy atom. The standard InChI is InChI=1S/C14H13N3O3/c1-2-13-16-11-4-3-9(14(18)19)7-12(11)17(13)8-10-5-6-15-20-10/h3-7H,2,8H2,1H3,(H,18,19). The van der Waals surface area contributed by atoms with Gasteiger partial charge in [0.1, 0.15) is 5.82 Å². The molecule has 0 amide bonds. The summed E-state index contributed by atoms with van der Waals surface area (Å²) in [6, 6.07) is 6.72. The molecule has 6 heteroatoms.